The Kier molecular flexibility index (Phi) is 3.26. The molecule has 1 saturated heterocycles. The molecule has 0 aromatic heterocycles. The summed E-state index contributed by atoms with van der Waals surface area (Å²) in [5, 5.41) is 0. The average Bonchev–Trinajstić information content (AvgIpc) is 2.83. The zero-order chi connectivity index (χ0) is 12.5. The van der Waals surface area contributed by atoms with Crippen LogP contribution in [0.2, 0.25) is 0 Å². The van der Waals surface area contributed by atoms with Gasteiger partial charge in [0.1, 0.15) is 5.75 Å². The van der Waals surface area contributed by atoms with Crippen molar-refractivity contribution >= 4 is 15.7 Å². The quantitative estimate of drug-likeness (QED) is 0.821. The summed E-state index contributed by atoms with van der Waals surface area (Å²) in [4.78, 5) is 0.234. The molecule has 0 bridgehead atoms. The van der Waals surface area contributed by atoms with Gasteiger partial charge in [0.2, 0.25) is 10.0 Å². The Bertz CT molecular complexity index is 507. The Hall–Kier alpha value is -1.27. The first-order chi connectivity index (χ1) is 8.05. The van der Waals surface area contributed by atoms with Crippen LogP contribution in [-0.4, -0.2) is 32.9 Å². The van der Waals surface area contributed by atoms with Crippen molar-refractivity contribution in [3.8, 4) is 5.75 Å². The standard InChI is InChI=1S/C11H16N2O3S/c1-16-11-5-4-9(8-10(11)12)17(14,15)13-6-2-3-7-13/h4-5,8H,2-3,6-7,12H2,1H3. The zero-order valence-corrected chi connectivity index (χ0v) is 10.5. The molecule has 0 aliphatic carbocycles. The van der Waals surface area contributed by atoms with E-state index >= 15 is 0 Å². The predicted molar refractivity (Wildman–Crippen MR) is 65.4 cm³/mol. The molecule has 5 nitrogen and oxygen atoms in total. The van der Waals surface area contributed by atoms with Crippen LogP contribution in [0.4, 0.5) is 5.69 Å². The lowest BCUT2D eigenvalue weighted by molar-refractivity contribution is 0.416. The molecule has 94 valence electrons. The van der Waals surface area contributed by atoms with Crippen LogP contribution in [0.3, 0.4) is 0 Å². The molecule has 1 aliphatic heterocycles. The van der Waals surface area contributed by atoms with Crippen LogP contribution in [0.5, 0.6) is 5.75 Å². The van der Waals surface area contributed by atoms with Gasteiger partial charge in [-0.05, 0) is 31.0 Å². The highest BCUT2D eigenvalue weighted by Crippen LogP contribution is 2.27. The Labute approximate surface area is 101 Å². The summed E-state index contributed by atoms with van der Waals surface area (Å²) in [6.07, 6.45) is 1.84. The van der Waals surface area contributed by atoms with E-state index in [0.29, 0.717) is 24.5 Å². The summed E-state index contributed by atoms with van der Waals surface area (Å²) in [5.41, 5.74) is 6.06. The van der Waals surface area contributed by atoms with Gasteiger partial charge in [-0.15, -0.1) is 0 Å². The smallest absolute Gasteiger partial charge is 0.243 e. The van der Waals surface area contributed by atoms with E-state index in [4.69, 9.17) is 10.5 Å². The monoisotopic (exact) mass is 256 g/mol. The van der Waals surface area contributed by atoms with Crippen LogP contribution in [0.1, 0.15) is 12.8 Å². The number of nitrogens with two attached hydrogens (primary N) is 1. The van der Waals surface area contributed by atoms with Crippen LogP contribution in [0, 0.1) is 0 Å². The lowest BCUT2D eigenvalue weighted by Gasteiger charge is -2.16. The second-order valence-electron chi connectivity index (χ2n) is 4.01. The number of nitrogens with zero attached hydrogens (tertiary/aromatic N) is 1. The van der Waals surface area contributed by atoms with Crippen molar-refractivity contribution in [2.45, 2.75) is 17.7 Å². The number of benzene rings is 1. The fraction of sp³-hybridized carbons (Fsp3) is 0.455. The Morgan fingerprint density at radius 1 is 1.29 bits per heavy atom. The number of ether oxygens (including phenoxy) is 1. The van der Waals surface area contributed by atoms with Gasteiger partial charge in [-0.1, -0.05) is 0 Å². The molecular formula is C11H16N2O3S. The molecule has 1 aromatic carbocycles. The predicted octanol–water partition coefficient (Wildman–Crippen LogP) is 1.06. The Balaban J connectivity index is 2.36. The van der Waals surface area contributed by atoms with Crippen molar-refractivity contribution in [2.24, 2.45) is 0 Å². The molecule has 1 aromatic rings. The number of methoxy groups -OCH3 is 1. The van der Waals surface area contributed by atoms with E-state index in [0.717, 1.165) is 12.8 Å². The maximum atomic E-state index is 12.2. The third-order valence-electron chi connectivity index (χ3n) is 2.90. The van der Waals surface area contributed by atoms with E-state index in [-0.39, 0.29) is 4.90 Å². The van der Waals surface area contributed by atoms with E-state index in [1.165, 1.54) is 23.5 Å². The van der Waals surface area contributed by atoms with E-state index in [9.17, 15) is 8.42 Å². The first kappa shape index (κ1) is 12.2. The molecule has 0 atom stereocenters. The summed E-state index contributed by atoms with van der Waals surface area (Å²) < 4.78 is 30.9. The minimum absolute atomic E-state index is 0.234. The van der Waals surface area contributed by atoms with E-state index in [1.54, 1.807) is 6.07 Å². The van der Waals surface area contributed by atoms with E-state index in [1.807, 2.05) is 0 Å². The van der Waals surface area contributed by atoms with Gasteiger partial charge in [0, 0.05) is 13.1 Å². The lowest BCUT2D eigenvalue weighted by atomic mass is 10.3. The number of sulfonamides is 1. The molecule has 0 saturated carbocycles. The fourth-order valence-corrected chi connectivity index (χ4v) is 3.50. The van der Waals surface area contributed by atoms with Crippen LogP contribution >= 0.6 is 0 Å². The van der Waals surface area contributed by atoms with E-state index < -0.39 is 10.0 Å². The van der Waals surface area contributed by atoms with Gasteiger partial charge >= 0.3 is 0 Å². The molecule has 0 spiro atoms. The minimum Gasteiger partial charge on any atom is -0.495 e. The largest absolute Gasteiger partial charge is 0.495 e. The second-order valence-corrected chi connectivity index (χ2v) is 5.95. The number of anilines is 1. The molecule has 1 heterocycles. The van der Waals surface area contributed by atoms with Crippen LogP contribution in [0.15, 0.2) is 23.1 Å². The Morgan fingerprint density at radius 3 is 2.47 bits per heavy atom. The lowest BCUT2D eigenvalue weighted by Crippen LogP contribution is -2.27. The minimum atomic E-state index is -3.39. The molecule has 2 N–H and O–H groups in total. The highest BCUT2D eigenvalue weighted by molar-refractivity contribution is 7.89. The zero-order valence-electron chi connectivity index (χ0n) is 9.72. The van der Waals surface area contributed by atoms with Crippen molar-refractivity contribution in [1.29, 1.82) is 0 Å². The maximum Gasteiger partial charge on any atom is 0.243 e. The first-order valence-corrected chi connectivity index (χ1v) is 6.93. The molecule has 17 heavy (non-hydrogen) atoms. The van der Waals surface area contributed by atoms with Gasteiger partial charge in [-0.25, -0.2) is 8.42 Å². The molecular weight excluding hydrogens is 240 g/mol. The average molecular weight is 256 g/mol. The van der Waals surface area contributed by atoms with Gasteiger partial charge in [0.25, 0.3) is 0 Å². The van der Waals surface area contributed by atoms with Gasteiger partial charge in [-0.3, -0.25) is 0 Å². The third kappa shape index (κ3) is 2.23. The SMILES string of the molecule is COc1ccc(S(=O)(=O)N2CCCC2)cc1N. The highest BCUT2D eigenvalue weighted by Gasteiger charge is 2.27. The van der Waals surface area contributed by atoms with Gasteiger partial charge < -0.3 is 10.5 Å². The second kappa shape index (κ2) is 4.54. The summed E-state index contributed by atoms with van der Waals surface area (Å²) in [6, 6.07) is 4.56. The topological polar surface area (TPSA) is 72.6 Å². The molecule has 1 fully saturated rings. The van der Waals surface area contributed by atoms with Gasteiger partial charge in [0.15, 0.2) is 0 Å². The molecule has 0 radical (unpaired) electrons. The number of hydrogen-bond acceptors (Lipinski definition) is 4. The molecule has 0 amide bonds. The van der Waals surface area contributed by atoms with Crippen molar-refractivity contribution in [3.05, 3.63) is 18.2 Å². The fourth-order valence-electron chi connectivity index (χ4n) is 1.95. The normalized spacial score (nSPS) is 17.2. The van der Waals surface area contributed by atoms with Gasteiger partial charge in [-0.2, -0.15) is 4.31 Å². The van der Waals surface area contributed by atoms with Crippen molar-refractivity contribution in [1.82, 2.24) is 4.31 Å². The summed E-state index contributed by atoms with van der Waals surface area (Å²) in [5.74, 6) is 0.491. The van der Waals surface area contributed by atoms with Crippen molar-refractivity contribution in [3.63, 3.8) is 0 Å². The van der Waals surface area contributed by atoms with E-state index in [2.05, 4.69) is 0 Å². The van der Waals surface area contributed by atoms with Gasteiger partial charge in [0.05, 0.1) is 17.7 Å². The summed E-state index contributed by atoms with van der Waals surface area (Å²) in [7, 11) is -1.89. The number of hydrogen-bond donors (Lipinski definition) is 1. The summed E-state index contributed by atoms with van der Waals surface area (Å²) >= 11 is 0. The van der Waals surface area contributed by atoms with Crippen LogP contribution < -0.4 is 10.5 Å². The number of nitrogen functional groups attached to an aromatic ring is 1. The number of rotatable bonds is 3. The third-order valence-corrected chi connectivity index (χ3v) is 4.80. The maximum absolute atomic E-state index is 12.2. The van der Waals surface area contributed by atoms with Crippen LogP contribution in [0.25, 0.3) is 0 Å². The van der Waals surface area contributed by atoms with Crippen molar-refractivity contribution in [2.75, 3.05) is 25.9 Å². The molecule has 2 rings (SSSR count). The molecule has 0 unspecified atom stereocenters. The van der Waals surface area contributed by atoms with Crippen molar-refractivity contribution < 1.29 is 13.2 Å². The molecule has 1 aliphatic rings. The first-order valence-electron chi connectivity index (χ1n) is 5.49. The highest BCUT2D eigenvalue weighted by atomic mass is 32.2. The summed E-state index contributed by atoms with van der Waals surface area (Å²) in [6.45, 7) is 1.18. The molecule has 6 heteroatoms. The van der Waals surface area contributed by atoms with Crippen LogP contribution in [-0.2, 0) is 10.0 Å². The Morgan fingerprint density at radius 2 is 1.94 bits per heavy atom.